The Kier molecular flexibility index (Phi) is 5.34. The Morgan fingerprint density at radius 3 is 2.63 bits per heavy atom. The van der Waals surface area contributed by atoms with E-state index in [-0.39, 0.29) is 12.4 Å². The Bertz CT molecular complexity index is 494. The molecule has 5 heteroatoms. The smallest absolute Gasteiger partial charge is 0.123 e. The summed E-state index contributed by atoms with van der Waals surface area (Å²) in [5.74, 6) is 0. The van der Waals surface area contributed by atoms with Gasteiger partial charge in [0, 0.05) is 43.7 Å². The molecule has 1 fully saturated rings. The van der Waals surface area contributed by atoms with E-state index in [1.165, 1.54) is 11.3 Å². The fourth-order valence-electron chi connectivity index (χ4n) is 2.19. The van der Waals surface area contributed by atoms with Crippen LogP contribution in [-0.4, -0.2) is 36.1 Å². The summed E-state index contributed by atoms with van der Waals surface area (Å²) in [7, 11) is 0. The molecule has 1 N–H and O–H groups in total. The predicted molar refractivity (Wildman–Crippen MR) is 82.9 cm³/mol. The van der Waals surface area contributed by atoms with E-state index in [1.807, 2.05) is 6.07 Å². The minimum atomic E-state index is 0. The zero-order valence-corrected chi connectivity index (χ0v) is 12.3. The summed E-state index contributed by atoms with van der Waals surface area (Å²) in [5, 5.41) is 6.68. The zero-order chi connectivity index (χ0) is 12.2. The molecule has 3 rings (SSSR count). The van der Waals surface area contributed by atoms with Gasteiger partial charge in [-0.25, -0.2) is 4.98 Å². The number of rotatable bonds is 3. The Morgan fingerprint density at radius 2 is 1.89 bits per heavy atom. The summed E-state index contributed by atoms with van der Waals surface area (Å²) in [5.41, 5.74) is 2.41. The summed E-state index contributed by atoms with van der Waals surface area (Å²) < 4.78 is 0. The van der Waals surface area contributed by atoms with Crippen molar-refractivity contribution in [1.29, 1.82) is 0 Å². The third-order valence-electron chi connectivity index (χ3n) is 3.17. The van der Waals surface area contributed by atoms with Crippen molar-refractivity contribution in [2.24, 2.45) is 0 Å². The molecule has 2 heterocycles. The molecular formula is C14H18ClN3S. The molecule has 0 saturated carbocycles. The molecule has 1 aliphatic heterocycles. The number of piperazine rings is 1. The van der Waals surface area contributed by atoms with E-state index in [2.05, 4.69) is 39.9 Å². The maximum Gasteiger partial charge on any atom is 0.123 e. The van der Waals surface area contributed by atoms with Crippen molar-refractivity contribution in [3.05, 3.63) is 41.4 Å². The zero-order valence-electron chi connectivity index (χ0n) is 10.7. The molecule has 2 aromatic rings. The van der Waals surface area contributed by atoms with Gasteiger partial charge in [0.1, 0.15) is 5.01 Å². The van der Waals surface area contributed by atoms with Gasteiger partial charge in [-0.2, -0.15) is 0 Å². The van der Waals surface area contributed by atoms with Gasteiger partial charge in [-0.3, -0.25) is 4.90 Å². The molecule has 1 saturated heterocycles. The predicted octanol–water partition coefficient (Wildman–Crippen LogP) is 2.64. The van der Waals surface area contributed by atoms with Crippen LogP contribution in [0.25, 0.3) is 10.6 Å². The number of nitrogens with one attached hydrogen (secondary N) is 1. The molecule has 0 unspecified atom stereocenters. The lowest BCUT2D eigenvalue weighted by atomic mass is 10.2. The Hall–Kier alpha value is -0.940. The topological polar surface area (TPSA) is 28.2 Å². The molecule has 1 aromatic carbocycles. The van der Waals surface area contributed by atoms with Crippen molar-refractivity contribution >= 4 is 23.7 Å². The van der Waals surface area contributed by atoms with Crippen LogP contribution in [0.5, 0.6) is 0 Å². The first kappa shape index (κ1) is 14.5. The van der Waals surface area contributed by atoms with Gasteiger partial charge in [-0.05, 0) is 0 Å². The van der Waals surface area contributed by atoms with Crippen LogP contribution in [0.4, 0.5) is 0 Å². The highest BCUT2D eigenvalue weighted by Crippen LogP contribution is 2.23. The molecule has 1 aromatic heterocycles. The number of hydrogen-bond donors (Lipinski definition) is 1. The maximum atomic E-state index is 4.73. The first-order valence-corrected chi connectivity index (χ1v) is 7.23. The minimum absolute atomic E-state index is 0. The van der Waals surface area contributed by atoms with E-state index in [0.717, 1.165) is 37.7 Å². The Labute approximate surface area is 124 Å². The van der Waals surface area contributed by atoms with Crippen molar-refractivity contribution in [3.8, 4) is 10.6 Å². The quantitative estimate of drug-likeness (QED) is 0.943. The lowest BCUT2D eigenvalue weighted by Gasteiger charge is -2.26. The highest BCUT2D eigenvalue weighted by atomic mass is 35.5. The number of aromatic nitrogens is 1. The second-order valence-corrected chi connectivity index (χ2v) is 5.39. The van der Waals surface area contributed by atoms with Crippen LogP contribution in [0.15, 0.2) is 35.7 Å². The summed E-state index contributed by atoms with van der Waals surface area (Å²) in [6.07, 6.45) is 0. The molecule has 0 spiro atoms. The van der Waals surface area contributed by atoms with E-state index in [4.69, 9.17) is 4.98 Å². The molecule has 0 atom stereocenters. The SMILES string of the molecule is Cl.c1ccc(-c2nc(CN3CCNCC3)cs2)cc1. The molecule has 0 radical (unpaired) electrons. The third-order valence-corrected chi connectivity index (χ3v) is 4.11. The molecule has 0 bridgehead atoms. The average Bonchev–Trinajstić information content (AvgIpc) is 2.89. The van der Waals surface area contributed by atoms with Crippen molar-refractivity contribution in [2.75, 3.05) is 26.2 Å². The average molecular weight is 296 g/mol. The van der Waals surface area contributed by atoms with Gasteiger partial charge in [0.25, 0.3) is 0 Å². The number of hydrogen-bond acceptors (Lipinski definition) is 4. The summed E-state index contributed by atoms with van der Waals surface area (Å²) >= 11 is 1.74. The van der Waals surface area contributed by atoms with Gasteiger partial charge < -0.3 is 5.32 Å². The van der Waals surface area contributed by atoms with Crippen LogP contribution in [0.3, 0.4) is 0 Å². The molecule has 102 valence electrons. The highest BCUT2D eigenvalue weighted by Gasteiger charge is 2.12. The summed E-state index contributed by atoms with van der Waals surface area (Å²) in [6, 6.07) is 10.4. The summed E-state index contributed by atoms with van der Waals surface area (Å²) in [6.45, 7) is 5.41. The summed E-state index contributed by atoms with van der Waals surface area (Å²) in [4.78, 5) is 7.19. The van der Waals surface area contributed by atoms with Crippen LogP contribution in [0.2, 0.25) is 0 Å². The fourth-order valence-corrected chi connectivity index (χ4v) is 3.01. The van der Waals surface area contributed by atoms with E-state index < -0.39 is 0 Å². The van der Waals surface area contributed by atoms with E-state index in [1.54, 1.807) is 11.3 Å². The molecule has 0 aliphatic carbocycles. The lowest BCUT2D eigenvalue weighted by molar-refractivity contribution is 0.231. The van der Waals surface area contributed by atoms with Gasteiger partial charge >= 0.3 is 0 Å². The van der Waals surface area contributed by atoms with Gasteiger partial charge in [-0.1, -0.05) is 30.3 Å². The van der Waals surface area contributed by atoms with Crippen molar-refractivity contribution in [3.63, 3.8) is 0 Å². The Balaban J connectivity index is 0.00000133. The molecular weight excluding hydrogens is 278 g/mol. The normalized spacial score (nSPS) is 16.0. The highest BCUT2D eigenvalue weighted by molar-refractivity contribution is 7.13. The minimum Gasteiger partial charge on any atom is -0.314 e. The van der Waals surface area contributed by atoms with Gasteiger partial charge in [-0.15, -0.1) is 23.7 Å². The molecule has 3 nitrogen and oxygen atoms in total. The van der Waals surface area contributed by atoms with Gasteiger partial charge in [0.2, 0.25) is 0 Å². The molecule has 19 heavy (non-hydrogen) atoms. The second-order valence-electron chi connectivity index (χ2n) is 4.54. The number of halogens is 1. The lowest BCUT2D eigenvalue weighted by Crippen LogP contribution is -2.42. The first-order valence-electron chi connectivity index (χ1n) is 6.35. The number of thiazole rings is 1. The van der Waals surface area contributed by atoms with Crippen LogP contribution in [0.1, 0.15) is 5.69 Å². The maximum absolute atomic E-state index is 4.73. The van der Waals surface area contributed by atoms with Crippen molar-refractivity contribution in [2.45, 2.75) is 6.54 Å². The van der Waals surface area contributed by atoms with E-state index in [0.29, 0.717) is 0 Å². The third kappa shape index (κ3) is 3.76. The second kappa shape index (κ2) is 7.01. The monoisotopic (exact) mass is 295 g/mol. The number of benzene rings is 1. The van der Waals surface area contributed by atoms with Crippen molar-refractivity contribution in [1.82, 2.24) is 15.2 Å². The number of nitrogens with zero attached hydrogens (tertiary/aromatic N) is 2. The van der Waals surface area contributed by atoms with Crippen LogP contribution in [0, 0.1) is 0 Å². The fraction of sp³-hybridized carbons (Fsp3) is 0.357. The first-order chi connectivity index (χ1) is 8.92. The molecule has 0 amide bonds. The standard InChI is InChI=1S/C14H17N3S.ClH/c1-2-4-12(5-3-1)14-16-13(11-18-14)10-17-8-6-15-7-9-17;/h1-5,11,15H,6-10H2;1H. The van der Waals surface area contributed by atoms with Crippen LogP contribution in [-0.2, 0) is 6.54 Å². The molecule has 1 aliphatic rings. The van der Waals surface area contributed by atoms with E-state index in [9.17, 15) is 0 Å². The Morgan fingerprint density at radius 1 is 1.16 bits per heavy atom. The van der Waals surface area contributed by atoms with Crippen LogP contribution < -0.4 is 5.32 Å². The van der Waals surface area contributed by atoms with Gasteiger partial charge in [0.15, 0.2) is 0 Å². The van der Waals surface area contributed by atoms with Crippen molar-refractivity contribution < 1.29 is 0 Å². The largest absolute Gasteiger partial charge is 0.314 e. The van der Waals surface area contributed by atoms with Crippen LogP contribution >= 0.6 is 23.7 Å². The van der Waals surface area contributed by atoms with Gasteiger partial charge in [0.05, 0.1) is 5.69 Å². The van der Waals surface area contributed by atoms with E-state index >= 15 is 0 Å².